The Hall–Kier alpha value is -4.03. The Labute approximate surface area is 239 Å². The lowest BCUT2D eigenvalue weighted by atomic mass is 10.0. The number of nitrogens with zero attached hydrogens (tertiary/aromatic N) is 3. The van der Waals surface area contributed by atoms with Gasteiger partial charge in [0.05, 0.1) is 32.0 Å². The van der Waals surface area contributed by atoms with Crippen molar-refractivity contribution in [2.24, 2.45) is 0 Å². The molecular formula is C33H33N3O5. The zero-order chi connectivity index (χ0) is 28.0. The molecule has 8 heteroatoms. The number of aromatic nitrogens is 1. The van der Waals surface area contributed by atoms with Crippen LogP contribution in [-0.2, 0) is 9.47 Å². The molecule has 2 aliphatic rings. The van der Waals surface area contributed by atoms with Crippen molar-refractivity contribution in [2.75, 3.05) is 46.1 Å². The second-order valence-corrected chi connectivity index (χ2v) is 10.5. The summed E-state index contributed by atoms with van der Waals surface area (Å²) in [6.07, 6.45) is 4.80. The van der Waals surface area contributed by atoms with Crippen LogP contribution >= 0.6 is 0 Å². The summed E-state index contributed by atoms with van der Waals surface area (Å²) in [5.41, 5.74) is 5.13. The fourth-order valence-corrected chi connectivity index (χ4v) is 5.42. The predicted molar refractivity (Wildman–Crippen MR) is 155 cm³/mol. The Morgan fingerprint density at radius 2 is 1.73 bits per heavy atom. The van der Waals surface area contributed by atoms with Gasteiger partial charge in [0.25, 0.3) is 0 Å². The number of fused-ring (bicyclic) bond motifs is 1. The van der Waals surface area contributed by atoms with E-state index in [1.807, 2.05) is 54.6 Å². The van der Waals surface area contributed by atoms with Crippen LogP contribution in [0, 0.1) is 11.3 Å². The van der Waals surface area contributed by atoms with Crippen molar-refractivity contribution < 1.29 is 23.4 Å². The fraction of sp³-hybridized carbons (Fsp3) is 0.364. The van der Waals surface area contributed by atoms with Crippen LogP contribution in [0.3, 0.4) is 0 Å². The van der Waals surface area contributed by atoms with Crippen molar-refractivity contribution >= 4 is 16.9 Å². The highest BCUT2D eigenvalue weighted by molar-refractivity contribution is 5.97. The first-order valence-electron chi connectivity index (χ1n) is 14.3. The van der Waals surface area contributed by atoms with Gasteiger partial charge in [0.15, 0.2) is 11.4 Å². The summed E-state index contributed by atoms with van der Waals surface area (Å²) < 4.78 is 23.2. The van der Waals surface area contributed by atoms with Crippen LogP contribution in [-0.4, -0.2) is 67.8 Å². The lowest BCUT2D eigenvalue weighted by Crippen LogP contribution is -2.36. The van der Waals surface area contributed by atoms with Gasteiger partial charge in [-0.15, -0.1) is 0 Å². The van der Waals surface area contributed by atoms with Gasteiger partial charge in [-0.3, -0.25) is 14.7 Å². The largest absolute Gasteiger partial charge is 0.489 e. The van der Waals surface area contributed by atoms with Crippen LogP contribution in [0.2, 0.25) is 0 Å². The smallest absolute Gasteiger partial charge is 0.162 e. The molecule has 2 saturated heterocycles. The number of pyridine rings is 1. The third-order valence-corrected chi connectivity index (χ3v) is 7.76. The molecule has 2 aliphatic heterocycles. The monoisotopic (exact) mass is 551 g/mol. The van der Waals surface area contributed by atoms with Gasteiger partial charge in [-0.2, -0.15) is 5.26 Å². The molecule has 0 aliphatic carbocycles. The van der Waals surface area contributed by atoms with Crippen molar-refractivity contribution in [1.82, 2.24) is 9.88 Å². The number of carbonyl (C=O) groups excluding carboxylic acids is 1. The van der Waals surface area contributed by atoms with E-state index in [0.717, 1.165) is 74.3 Å². The fourth-order valence-electron chi connectivity index (χ4n) is 5.42. The lowest BCUT2D eigenvalue weighted by molar-refractivity contribution is 0.0254. The third-order valence-electron chi connectivity index (χ3n) is 7.76. The van der Waals surface area contributed by atoms with Gasteiger partial charge < -0.3 is 18.6 Å². The van der Waals surface area contributed by atoms with Gasteiger partial charge >= 0.3 is 0 Å². The first-order valence-corrected chi connectivity index (χ1v) is 14.3. The highest BCUT2D eigenvalue weighted by Crippen LogP contribution is 2.35. The quantitative estimate of drug-likeness (QED) is 0.238. The minimum Gasteiger partial charge on any atom is -0.489 e. The number of hydrogen-bond donors (Lipinski definition) is 0. The molecule has 210 valence electrons. The number of hydrogen-bond acceptors (Lipinski definition) is 8. The highest BCUT2D eigenvalue weighted by atomic mass is 16.5. The number of nitriles is 1. The Morgan fingerprint density at radius 1 is 0.976 bits per heavy atom. The third kappa shape index (κ3) is 6.33. The molecule has 0 radical (unpaired) electrons. The average molecular weight is 552 g/mol. The summed E-state index contributed by atoms with van der Waals surface area (Å²) in [6, 6.07) is 19.3. The Morgan fingerprint density at radius 3 is 2.51 bits per heavy atom. The standard InChI is InChI=1S/C33H33N3O5/c34-22-26-20-25(7-8-31(26)40-27-10-16-38-17-11-27)28-9-12-35-29-21-32(41-33(28)29)24-5-3-23(4-6-24)30(37)2-1-13-36-14-18-39-19-15-36/h3-9,12,20-21,27H,1-2,10-11,13-19H2. The second kappa shape index (κ2) is 12.6. The highest BCUT2D eigenvalue weighted by Gasteiger charge is 2.19. The van der Waals surface area contributed by atoms with Crippen molar-refractivity contribution in [3.8, 4) is 34.3 Å². The van der Waals surface area contributed by atoms with E-state index in [9.17, 15) is 10.1 Å². The molecule has 0 saturated carbocycles. The number of furan rings is 1. The molecule has 2 aromatic carbocycles. The molecule has 41 heavy (non-hydrogen) atoms. The van der Waals surface area contributed by atoms with Gasteiger partial charge in [0.2, 0.25) is 0 Å². The maximum absolute atomic E-state index is 12.8. The Bertz CT molecular complexity index is 1540. The van der Waals surface area contributed by atoms with E-state index in [2.05, 4.69) is 16.0 Å². The van der Waals surface area contributed by atoms with Crippen molar-refractivity contribution in [3.63, 3.8) is 0 Å². The van der Waals surface area contributed by atoms with Crippen LogP contribution in [0.4, 0.5) is 0 Å². The zero-order valence-corrected chi connectivity index (χ0v) is 23.0. The maximum atomic E-state index is 12.8. The SMILES string of the molecule is N#Cc1cc(-c2ccnc3cc(-c4ccc(C(=O)CCCN5CCOCC5)cc4)oc23)ccc1OC1CCOCC1. The van der Waals surface area contributed by atoms with Gasteiger partial charge in [0, 0.05) is 61.3 Å². The molecule has 2 aromatic heterocycles. The minimum absolute atomic E-state index is 0.0544. The number of ether oxygens (including phenoxy) is 3. The van der Waals surface area contributed by atoms with Crippen LogP contribution in [0.5, 0.6) is 5.75 Å². The molecule has 8 nitrogen and oxygen atoms in total. The summed E-state index contributed by atoms with van der Waals surface area (Å²) in [5.74, 6) is 1.41. The Kier molecular flexibility index (Phi) is 8.38. The van der Waals surface area contributed by atoms with E-state index in [1.165, 1.54) is 0 Å². The molecule has 0 N–H and O–H groups in total. The van der Waals surface area contributed by atoms with E-state index in [0.29, 0.717) is 47.9 Å². The normalized spacial score (nSPS) is 16.5. The van der Waals surface area contributed by atoms with E-state index >= 15 is 0 Å². The second-order valence-electron chi connectivity index (χ2n) is 10.5. The minimum atomic E-state index is 0.0544. The van der Waals surface area contributed by atoms with Gasteiger partial charge in [-0.1, -0.05) is 30.3 Å². The van der Waals surface area contributed by atoms with E-state index in [-0.39, 0.29) is 11.9 Å². The first kappa shape index (κ1) is 27.2. The molecule has 4 aromatic rings. The molecule has 2 fully saturated rings. The van der Waals surface area contributed by atoms with Crippen LogP contribution in [0.1, 0.15) is 41.6 Å². The number of Topliss-reactive ketones (excluding diaryl/α,β-unsaturated/α-hetero) is 1. The zero-order valence-electron chi connectivity index (χ0n) is 23.0. The average Bonchev–Trinajstić information content (AvgIpc) is 3.47. The summed E-state index contributed by atoms with van der Waals surface area (Å²) in [4.78, 5) is 19.6. The van der Waals surface area contributed by atoms with E-state index in [1.54, 1.807) is 6.20 Å². The molecule has 4 heterocycles. The summed E-state index contributed by atoms with van der Waals surface area (Å²) >= 11 is 0. The molecule has 0 atom stereocenters. The number of rotatable bonds is 9. The maximum Gasteiger partial charge on any atom is 0.162 e. The van der Waals surface area contributed by atoms with Gasteiger partial charge in [-0.25, -0.2) is 0 Å². The number of carbonyl (C=O) groups is 1. The molecule has 6 rings (SSSR count). The topological polar surface area (TPSA) is 97.8 Å². The molecule has 0 amide bonds. The van der Waals surface area contributed by atoms with Crippen LogP contribution in [0.15, 0.2) is 65.2 Å². The predicted octanol–water partition coefficient (Wildman–Crippen LogP) is 5.89. The number of morpholine rings is 1. The summed E-state index contributed by atoms with van der Waals surface area (Å²) in [7, 11) is 0. The number of benzene rings is 2. The van der Waals surface area contributed by atoms with Gasteiger partial charge in [0.1, 0.15) is 29.2 Å². The van der Waals surface area contributed by atoms with Crippen LogP contribution in [0.25, 0.3) is 33.6 Å². The number of ketones is 1. The van der Waals surface area contributed by atoms with E-state index in [4.69, 9.17) is 18.6 Å². The lowest BCUT2D eigenvalue weighted by Gasteiger charge is -2.26. The molecular weight excluding hydrogens is 518 g/mol. The summed E-state index contributed by atoms with van der Waals surface area (Å²) in [5, 5.41) is 9.83. The Balaban J connectivity index is 1.17. The van der Waals surface area contributed by atoms with E-state index < -0.39 is 0 Å². The molecule has 0 unspecified atom stereocenters. The molecule has 0 bridgehead atoms. The summed E-state index contributed by atoms with van der Waals surface area (Å²) in [6.45, 7) is 5.69. The molecule has 0 spiro atoms. The van der Waals surface area contributed by atoms with Crippen molar-refractivity contribution in [2.45, 2.75) is 31.8 Å². The first-order chi connectivity index (χ1) is 20.2. The van der Waals surface area contributed by atoms with Crippen LogP contribution < -0.4 is 4.74 Å². The van der Waals surface area contributed by atoms with Crippen molar-refractivity contribution in [1.29, 1.82) is 5.26 Å². The van der Waals surface area contributed by atoms with Gasteiger partial charge in [-0.05, 0) is 36.7 Å². The van der Waals surface area contributed by atoms with Crippen molar-refractivity contribution in [3.05, 3.63) is 71.9 Å².